The summed E-state index contributed by atoms with van der Waals surface area (Å²) in [4.78, 5) is 11.2. The van der Waals surface area contributed by atoms with Crippen molar-refractivity contribution in [2.75, 3.05) is 0 Å². The fourth-order valence-corrected chi connectivity index (χ4v) is 3.09. The van der Waals surface area contributed by atoms with Crippen LogP contribution in [0.1, 0.15) is 0 Å². The first-order chi connectivity index (χ1) is 8.42. The van der Waals surface area contributed by atoms with Gasteiger partial charge in [-0.1, -0.05) is 0 Å². The van der Waals surface area contributed by atoms with E-state index in [9.17, 15) is 31.7 Å². The first kappa shape index (κ1) is 15.8. The van der Waals surface area contributed by atoms with Crippen molar-refractivity contribution in [1.29, 1.82) is 0 Å². The summed E-state index contributed by atoms with van der Waals surface area (Å²) < 4.78 is 61.6. The summed E-state index contributed by atoms with van der Waals surface area (Å²) in [6.45, 7) is 0. The molecule has 106 valence electrons. The SMILES string of the molecule is NS(=O)(=O)c1c(I)cc([N+](=O)[O-])nc1OC(F)(F)F. The molecule has 8 nitrogen and oxygen atoms in total. The van der Waals surface area contributed by atoms with Crippen LogP contribution in [0, 0.1) is 13.7 Å². The summed E-state index contributed by atoms with van der Waals surface area (Å²) in [5.41, 5.74) is 0. The highest BCUT2D eigenvalue weighted by Crippen LogP contribution is 2.32. The Kier molecular flexibility index (Phi) is 4.20. The van der Waals surface area contributed by atoms with E-state index in [1.165, 1.54) is 22.6 Å². The molecular weight excluding hydrogens is 410 g/mol. The van der Waals surface area contributed by atoms with Gasteiger partial charge in [-0.25, -0.2) is 13.6 Å². The second kappa shape index (κ2) is 5.04. The van der Waals surface area contributed by atoms with Gasteiger partial charge in [0.2, 0.25) is 10.0 Å². The molecule has 0 bridgehead atoms. The summed E-state index contributed by atoms with van der Waals surface area (Å²) in [6.07, 6.45) is -5.27. The van der Waals surface area contributed by atoms with Crippen molar-refractivity contribution in [3.63, 3.8) is 0 Å². The van der Waals surface area contributed by atoms with Crippen LogP contribution < -0.4 is 9.88 Å². The highest BCUT2D eigenvalue weighted by Gasteiger charge is 2.39. The highest BCUT2D eigenvalue weighted by molar-refractivity contribution is 14.1. The minimum Gasteiger partial charge on any atom is -0.365 e. The lowest BCUT2D eigenvalue weighted by Crippen LogP contribution is -2.23. The Morgan fingerprint density at radius 1 is 1.47 bits per heavy atom. The molecule has 13 heteroatoms. The molecule has 0 aliphatic heterocycles. The standard InChI is InChI=1S/C6H3F3IN3O5S/c7-6(8,9)18-5-4(19(11,16)17)2(10)1-3(12-5)13(14)15/h1H,(H2,11,16,17). The van der Waals surface area contributed by atoms with Crippen molar-refractivity contribution in [3.8, 4) is 5.88 Å². The van der Waals surface area contributed by atoms with E-state index in [2.05, 4.69) is 9.72 Å². The minimum absolute atomic E-state index is 0.416. The monoisotopic (exact) mass is 413 g/mol. The number of halogens is 4. The van der Waals surface area contributed by atoms with Crippen molar-refractivity contribution in [2.45, 2.75) is 11.3 Å². The summed E-state index contributed by atoms with van der Waals surface area (Å²) >= 11 is 1.27. The first-order valence-electron chi connectivity index (χ1n) is 4.05. The number of alkyl halides is 3. The van der Waals surface area contributed by atoms with Crippen LogP contribution in [-0.2, 0) is 10.0 Å². The average Bonchev–Trinajstić information content (AvgIpc) is 2.10. The maximum Gasteiger partial charge on any atom is 0.575 e. The van der Waals surface area contributed by atoms with Gasteiger partial charge in [0, 0.05) is 8.55 Å². The van der Waals surface area contributed by atoms with Gasteiger partial charge in [-0.15, -0.1) is 13.2 Å². The van der Waals surface area contributed by atoms with Crippen LogP contribution in [0.15, 0.2) is 11.0 Å². The van der Waals surface area contributed by atoms with Crippen LogP contribution in [0.4, 0.5) is 19.0 Å². The highest BCUT2D eigenvalue weighted by atomic mass is 127. The largest absolute Gasteiger partial charge is 0.575 e. The number of primary sulfonamides is 1. The number of pyridine rings is 1. The van der Waals surface area contributed by atoms with Crippen molar-refractivity contribution in [3.05, 3.63) is 19.8 Å². The van der Waals surface area contributed by atoms with Crippen molar-refractivity contribution in [2.24, 2.45) is 5.14 Å². The van der Waals surface area contributed by atoms with Crippen LogP contribution in [-0.4, -0.2) is 24.7 Å². The van der Waals surface area contributed by atoms with Gasteiger partial charge in [-0.3, -0.25) is 0 Å². The molecule has 0 radical (unpaired) electrons. The van der Waals surface area contributed by atoms with Gasteiger partial charge < -0.3 is 14.9 Å². The molecule has 0 aliphatic rings. The molecule has 1 rings (SSSR count). The number of nitro groups is 1. The number of sulfonamides is 1. The third-order valence-corrected chi connectivity index (χ3v) is 3.75. The number of nitrogens with zero attached hydrogens (tertiary/aromatic N) is 2. The van der Waals surface area contributed by atoms with Crippen molar-refractivity contribution in [1.82, 2.24) is 4.98 Å². The lowest BCUT2D eigenvalue weighted by atomic mass is 10.4. The fourth-order valence-electron chi connectivity index (χ4n) is 0.998. The molecular formula is C6H3F3IN3O5S. The number of rotatable bonds is 3. The van der Waals surface area contributed by atoms with Gasteiger partial charge in [0.1, 0.15) is 0 Å². The number of hydrogen-bond donors (Lipinski definition) is 1. The molecule has 0 amide bonds. The van der Waals surface area contributed by atoms with Crippen molar-refractivity contribution >= 4 is 38.4 Å². The predicted molar refractivity (Wildman–Crippen MR) is 61.7 cm³/mol. The lowest BCUT2D eigenvalue weighted by molar-refractivity contribution is -0.390. The van der Waals surface area contributed by atoms with Crippen LogP contribution >= 0.6 is 22.6 Å². The van der Waals surface area contributed by atoms with E-state index in [0.717, 1.165) is 0 Å². The summed E-state index contributed by atoms with van der Waals surface area (Å²) in [5, 5.41) is 15.2. The zero-order valence-electron chi connectivity index (χ0n) is 8.51. The fraction of sp³-hybridized carbons (Fsp3) is 0.167. The maximum atomic E-state index is 12.1. The predicted octanol–water partition coefficient (Wildman–Crippen LogP) is 1.14. The van der Waals surface area contributed by atoms with E-state index in [-0.39, 0.29) is 0 Å². The second-order valence-corrected chi connectivity index (χ2v) is 5.61. The van der Waals surface area contributed by atoms with Crippen LogP contribution in [0.3, 0.4) is 0 Å². The molecule has 19 heavy (non-hydrogen) atoms. The average molecular weight is 413 g/mol. The third-order valence-electron chi connectivity index (χ3n) is 1.57. The van der Waals surface area contributed by atoms with E-state index < -0.39 is 41.5 Å². The van der Waals surface area contributed by atoms with Gasteiger partial charge in [-0.05, 0) is 27.5 Å². The molecule has 0 saturated carbocycles. The third kappa shape index (κ3) is 4.13. The lowest BCUT2D eigenvalue weighted by Gasteiger charge is -2.09. The Morgan fingerprint density at radius 2 is 2.00 bits per heavy atom. The Morgan fingerprint density at radius 3 is 2.37 bits per heavy atom. The normalized spacial score (nSPS) is 12.3. The maximum absolute atomic E-state index is 12.1. The Labute approximate surface area is 117 Å². The summed E-state index contributed by atoms with van der Waals surface area (Å²) in [5.74, 6) is -2.50. The molecule has 0 aliphatic carbocycles. The van der Waals surface area contributed by atoms with Gasteiger partial charge in [0.15, 0.2) is 4.90 Å². The van der Waals surface area contributed by atoms with Crippen LogP contribution in [0.5, 0.6) is 5.88 Å². The molecule has 0 unspecified atom stereocenters. The zero-order valence-corrected chi connectivity index (χ0v) is 11.5. The number of hydrogen-bond acceptors (Lipinski definition) is 6. The molecule has 0 saturated heterocycles. The van der Waals surface area contributed by atoms with Gasteiger partial charge >= 0.3 is 18.1 Å². The number of nitrogens with two attached hydrogens (primary N) is 1. The molecule has 1 heterocycles. The van der Waals surface area contributed by atoms with E-state index in [4.69, 9.17) is 5.14 Å². The quantitative estimate of drug-likeness (QED) is 0.450. The van der Waals surface area contributed by atoms with Gasteiger partial charge in [-0.2, -0.15) is 0 Å². The number of ether oxygens (including phenoxy) is 1. The van der Waals surface area contributed by atoms with Gasteiger partial charge in [0.05, 0.1) is 6.07 Å². The molecule has 0 aromatic carbocycles. The first-order valence-corrected chi connectivity index (χ1v) is 6.68. The van der Waals surface area contributed by atoms with E-state index in [1.807, 2.05) is 0 Å². The topological polar surface area (TPSA) is 125 Å². The smallest absolute Gasteiger partial charge is 0.365 e. The van der Waals surface area contributed by atoms with Crippen LogP contribution in [0.25, 0.3) is 0 Å². The Balaban J connectivity index is 3.59. The van der Waals surface area contributed by atoms with E-state index in [0.29, 0.717) is 6.07 Å². The zero-order chi connectivity index (χ0) is 15.0. The molecule has 1 aromatic heterocycles. The minimum atomic E-state index is -5.27. The molecule has 2 N–H and O–H groups in total. The van der Waals surface area contributed by atoms with Gasteiger partial charge in [0.25, 0.3) is 0 Å². The van der Waals surface area contributed by atoms with Crippen LogP contribution in [0.2, 0.25) is 0 Å². The van der Waals surface area contributed by atoms with E-state index >= 15 is 0 Å². The Hall–Kier alpha value is -1.22. The number of aromatic nitrogens is 1. The Bertz CT molecular complexity index is 632. The summed E-state index contributed by atoms with van der Waals surface area (Å²) in [7, 11) is -4.60. The molecule has 0 fully saturated rings. The molecule has 0 spiro atoms. The molecule has 1 aromatic rings. The second-order valence-electron chi connectivity index (χ2n) is 2.95. The van der Waals surface area contributed by atoms with E-state index in [1.54, 1.807) is 0 Å². The molecule has 0 atom stereocenters. The summed E-state index contributed by atoms with van der Waals surface area (Å²) in [6, 6.07) is 0.656. The van der Waals surface area contributed by atoms with Crippen molar-refractivity contribution < 1.29 is 31.2 Å².